The number of rotatable bonds is 3. The molecule has 14 heavy (non-hydrogen) atoms. The summed E-state index contributed by atoms with van der Waals surface area (Å²) in [6, 6.07) is 7.50. The van der Waals surface area contributed by atoms with E-state index in [1.807, 2.05) is 31.2 Å². The van der Waals surface area contributed by atoms with E-state index in [1.165, 1.54) is 7.11 Å². The van der Waals surface area contributed by atoms with E-state index in [1.54, 1.807) is 0 Å². The lowest BCUT2D eigenvalue weighted by atomic mass is 10.00. The van der Waals surface area contributed by atoms with Crippen molar-refractivity contribution in [2.45, 2.75) is 19.4 Å². The molecule has 0 saturated carbocycles. The highest BCUT2D eigenvalue weighted by atomic mass is 16.5. The zero-order chi connectivity index (χ0) is 10.6. The van der Waals surface area contributed by atoms with Crippen molar-refractivity contribution >= 4 is 5.97 Å². The number of hydrogen-bond donors (Lipinski definition) is 1. The lowest BCUT2D eigenvalue weighted by molar-refractivity contribution is -0.141. The summed E-state index contributed by atoms with van der Waals surface area (Å²) in [4.78, 5) is 11.0. The van der Waals surface area contributed by atoms with Gasteiger partial charge in [0.25, 0.3) is 0 Å². The third-order valence-corrected chi connectivity index (χ3v) is 2.20. The van der Waals surface area contributed by atoms with Crippen molar-refractivity contribution in [1.82, 2.24) is 0 Å². The molecule has 0 fully saturated rings. The van der Waals surface area contributed by atoms with Gasteiger partial charge in [-0.15, -0.1) is 0 Å². The minimum atomic E-state index is -0.277. The van der Waals surface area contributed by atoms with E-state index in [9.17, 15) is 4.79 Å². The standard InChI is InChI=1S/C11H15NO2/c1-8-5-3-4-6-9(8)10(12)7-11(13)14-2/h3-6,10H,7,12H2,1-2H3/t10-/m0/s1. The maximum atomic E-state index is 11.0. The molecule has 0 saturated heterocycles. The molecule has 0 bridgehead atoms. The van der Waals surface area contributed by atoms with Crippen molar-refractivity contribution in [2.24, 2.45) is 5.73 Å². The highest BCUT2D eigenvalue weighted by molar-refractivity contribution is 5.70. The van der Waals surface area contributed by atoms with Crippen LogP contribution in [0.4, 0.5) is 0 Å². The van der Waals surface area contributed by atoms with Crippen LogP contribution < -0.4 is 5.73 Å². The molecule has 1 rings (SSSR count). The van der Waals surface area contributed by atoms with Gasteiger partial charge in [0.15, 0.2) is 0 Å². The van der Waals surface area contributed by atoms with Crippen LogP contribution in [-0.4, -0.2) is 13.1 Å². The van der Waals surface area contributed by atoms with E-state index in [2.05, 4.69) is 4.74 Å². The van der Waals surface area contributed by atoms with Gasteiger partial charge >= 0.3 is 5.97 Å². The van der Waals surface area contributed by atoms with Crippen LogP contribution in [0.2, 0.25) is 0 Å². The van der Waals surface area contributed by atoms with Crippen molar-refractivity contribution in [1.29, 1.82) is 0 Å². The number of hydrogen-bond acceptors (Lipinski definition) is 3. The van der Waals surface area contributed by atoms with Crippen molar-refractivity contribution in [3.05, 3.63) is 35.4 Å². The van der Waals surface area contributed by atoms with Crippen LogP contribution >= 0.6 is 0 Å². The van der Waals surface area contributed by atoms with Crippen LogP contribution in [0.25, 0.3) is 0 Å². The molecule has 76 valence electrons. The molecule has 0 unspecified atom stereocenters. The number of aryl methyl sites for hydroxylation is 1. The zero-order valence-electron chi connectivity index (χ0n) is 8.49. The van der Waals surface area contributed by atoms with Crippen LogP contribution in [0.3, 0.4) is 0 Å². The second-order valence-corrected chi connectivity index (χ2v) is 3.24. The van der Waals surface area contributed by atoms with Crippen LogP contribution in [-0.2, 0) is 9.53 Å². The average molecular weight is 193 g/mol. The zero-order valence-corrected chi connectivity index (χ0v) is 8.49. The Morgan fingerprint density at radius 3 is 2.71 bits per heavy atom. The Kier molecular flexibility index (Phi) is 3.65. The predicted molar refractivity (Wildman–Crippen MR) is 54.7 cm³/mol. The largest absolute Gasteiger partial charge is 0.469 e. The minimum Gasteiger partial charge on any atom is -0.469 e. The first kappa shape index (κ1) is 10.7. The molecule has 0 heterocycles. The summed E-state index contributed by atoms with van der Waals surface area (Å²) in [5.74, 6) is -0.277. The number of ether oxygens (including phenoxy) is 1. The summed E-state index contributed by atoms with van der Waals surface area (Å²) < 4.78 is 4.56. The van der Waals surface area contributed by atoms with Gasteiger partial charge in [0.05, 0.1) is 13.5 Å². The highest BCUT2D eigenvalue weighted by Crippen LogP contribution is 2.18. The van der Waals surface area contributed by atoms with Crippen LogP contribution in [0.15, 0.2) is 24.3 Å². The van der Waals surface area contributed by atoms with E-state index in [0.717, 1.165) is 11.1 Å². The van der Waals surface area contributed by atoms with Crippen molar-refractivity contribution in [3.8, 4) is 0 Å². The van der Waals surface area contributed by atoms with E-state index in [0.29, 0.717) is 0 Å². The summed E-state index contributed by atoms with van der Waals surface area (Å²) in [6.07, 6.45) is 0.224. The maximum absolute atomic E-state index is 11.0. The molecule has 0 amide bonds. The SMILES string of the molecule is COC(=O)C[C@H](N)c1ccccc1C. The number of methoxy groups -OCH3 is 1. The Balaban J connectivity index is 2.74. The van der Waals surface area contributed by atoms with Gasteiger partial charge in [-0.05, 0) is 18.1 Å². The highest BCUT2D eigenvalue weighted by Gasteiger charge is 2.12. The van der Waals surface area contributed by atoms with Gasteiger partial charge < -0.3 is 10.5 Å². The lowest BCUT2D eigenvalue weighted by Crippen LogP contribution is -2.17. The Labute approximate surface area is 83.9 Å². The fraction of sp³-hybridized carbons (Fsp3) is 0.364. The minimum absolute atomic E-state index is 0.224. The van der Waals surface area contributed by atoms with Gasteiger partial charge in [-0.3, -0.25) is 4.79 Å². The third-order valence-electron chi connectivity index (χ3n) is 2.20. The molecule has 1 aromatic rings. The van der Waals surface area contributed by atoms with Crippen molar-refractivity contribution in [2.75, 3.05) is 7.11 Å². The molecule has 1 aromatic carbocycles. The topological polar surface area (TPSA) is 52.3 Å². The molecular formula is C11H15NO2. The number of carbonyl (C=O) groups excluding carboxylic acids is 1. The number of benzene rings is 1. The normalized spacial score (nSPS) is 12.2. The maximum Gasteiger partial charge on any atom is 0.307 e. The summed E-state index contributed by atoms with van der Waals surface area (Å²) in [5.41, 5.74) is 7.97. The molecule has 0 spiro atoms. The molecule has 0 aromatic heterocycles. The van der Waals surface area contributed by atoms with Crippen molar-refractivity contribution < 1.29 is 9.53 Å². The van der Waals surface area contributed by atoms with E-state index in [-0.39, 0.29) is 18.4 Å². The second-order valence-electron chi connectivity index (χ2n) is 3.24. The molecule has 0 aliphatic rings. The van der Waals surface area contributed by atoms with Gasteiger partial charge in [0.2, 0.25) is 0 Å². The molecule has 1 atom stereocenters. The number of nitrogens with two attached hydrogens (primary N) is 1. The monoisotopic (exact) mass is 193 g/mol. The van der Waals surface area contributed by atoms with Crippen LogP contribution in [0, 0.1) is 6.92 Å². The Morgan fingerprint density at radius 1 is 1.50 bits per heavy atom. The van der Waals surface area contributed by atoms with E-state index >= 15 is 0 Å². The molecule has 0 aliphatic heterocycles. The average Bonchev–Trinajstić information content (AvgIpc) is 2.18. The Hall–Kier alpha value is -1.35. The quantitative estimate of drug-likeness (QED) is 0.741. The fourth-order valence-corrected chi connectivity index (χ4v) is 1.38. The van der Waals surface area contributed by atoms with Gasteiger partial charge in [0.1, 0.15) is 0 Å². The van der Waals surface area contributed by atoms with Gasteiger partial charge in [-0.1, -0.05) is 24.3 Å². The van der Waals surface area contributed by atoms with Crippen molar-refractivity contribution in [3.63, 3.8) is 0 Å². The summed E-state index contributed by atoms with van der Waals surface area (Å²) in [5, 5.41) is 0. The van der Waals surface area contributed by atoms with Gasteiger partial charge in [0, 0.05) is 6.04 Å². The fourth-order valence-electron chi connectivity index (χ4n) is 1.38. The smallest absolute Gasteiger partial charge is 0.307 e. The third kappa shape index (κ3) is 2.57. The van der Waals surface area contributed by atoms with Gasteiger partial charge in [-0.2, -0.15) is 0 Å². The number of carbonyl (C=O) groups is 1. The Bertz CT molecular complexity index is 323. The predicted octanol–water partition coefficient (Wildman–Crippen LogP) is 1.56. The molecule has 3 nitrogen and oxygen atoms in total. The molecule has 3 heteroatoms. The van der Waals surface area contributed by atoms with Gasteiger partial charge in [-0.25, -0.2) is 0 Å². The molecule has 0 aliphatic carbocycles. The molecule has 2 N–H and O–H groups in total. The van der Waals surface area contributed by atoms with E-state index < -0.39 is 0 Å². The van der Waals surface area contributed by atoms with Crippen LogP contribution in [0.5, 0.6) is 0 Å². The summed E-state index contributed by atoms with van der Waals surface area (Å²) in [7, 11) is 1.37. The second kappa shape index (κ2) is 4.77. The summed E-state index contributed by atoms with van der Waals surface area (Å²) >= 11 is 0. The molecular weight excluding hydrogens is 178 g/mol. The lowest BCUT2D eigenvalue weighted by Gasteiger charge is -2.12. The molecule has 0 radical (unpaired) electrons. The summed E-state index contributed by atoms with van der Waals surface area (Å²) in [6.45, 7) is 1.98. The first-order valence-corrected chi connectivity index (χ1v) is 4.53. The first-order chi connectivity index (χ1) is 6.65. The first-order valence-electron chi connectivity index (χ1n) is 4.53. The Morgan fingerprint density at radius 2 is 2.14 bits per heavy atom. The van der Waals surface area contributed by atoms with E-state index in [4.69, 9.17) is 5.73 Å². The number of esters is 1. The van der Waals surface area contributed by atoms with Crippen LogP contribution in [0.1, 0.15) is 23.6 Å².